The zero-order valence-corrected chi connectivity index (χ0v) is 7.43. The first kappa shape index (κ1) is 8.06. The van der Waals surface area contributed by atoms with E-state index in [-0.39, 0.29) is 0 Å². The Hall–Kier alpha value is -0.0400. The molecule has 60 valence electrons. The van der Waals surface area contributed by atoms with Crippen LogP contribution in [0.4, 0.5) is 0 Å². The average Bonchev–Trinajstić information content (AvgIpc) is 2.34. The predicted octanol–water partition coefficient (Wildman–Crippen LogP) is 1.98. The fourth-order valence-corrected chi connectivity index (χ4v) is 1.69. The molecule has 0 N–H and O–H groups in total. The zero-order valence-electron chi connectivity index (χ0n) is 7.43. The molecule has 1 saturated heterocycles. The van der Waals surface area contributed by atoms with Crippen molar-refractivity contribution in [2.24, 2.45) is 11.8 Å². The third kappa shape index (κ3) is 1.72. The fraction of sp³-hybridized carbons (Fsp3) is 1.00. The Labute approximate surface area is 64.4 Å². The SMILES string of the molecule is CCN1CCC(C(C)C)C1. The molecule has 0 radical (unpaired) electrons. The van der Waals surface area contributed by atoms with Crippen molar-refractivity contribution in [3.63, 3.8) is 0 Å². The van der Waals surface area contributed by atoms with E-state index in [1.807, 2.05) is 0 Å². The highest BCUT2D eigenvalue weighted by molar-refractivity contribution is 4.76. The average molecular weight is 141 g/mol. The van der Waals surface area contributed by atoms with Crippen molar-refractivity contribution in [1.82, 2.24) is 4.90 Å². The highest BCUT2D eigenvalue weighted by Gasteiger charge is 2.22. The van der Waals surface area contributed by atoms with Gasteiger partial charge in [-0.15, -0.1) is 0 Å². The molecular formula is C9H19N. The Morgan fingerprint density at radius 1 is 1.50 bits per heavy atom. The first-order chi connectivity index (χ1) is 4.74. The monoisotopic (exact) mass is 141 g/mol. The summed E-state index contributed by atoms with van der Waals surface area (Å²) >= 11 is 0. The minimum absolute atomic E-state index is 0.886. The first-order valence-corrected chi connectivity index (χ1v) is 4.46. The molecule has 1 heterocycles. The van der Waals surface area contributed by atoms with Gasteiger partial charge in [-0.25, -0.2) is 0 Å². The van der Waals surface area contributed by atoms with Crippen LogP contribution in [0.3, 0.4) is 0 Å². The first-order valence-electron chi connectivity index (χ1n) is 4.46. The number of rotatable bonds is 2. The molecule has 1 aliphatic heterocycles. The van der Waals surface area contributed by atoms with Crippen LogP contribution in [0.2, 0.25) is 0 Å². The zero-order chi connectivity index (χ0) is 7.56. The third-order valence-electron chi connectivity index (χ3n) is 2.70. The van der Waals surface area contributed by atoms with Crippen LogP contribution >= 0.6 is 0 Å². The van der Waals surface area contributed by atoms with E-state index in [9.17, 15) is 0 Å². The second kappa shape index (κ2) is 3.38. The molecule has 0 saturated carbocycles. The van der Waals surface area contributed by atoms with Gasteiger partial charge >= 0.3 is 0 Å². The van der Waals surface area contributed by atoms with Crippen molar-refractivity contribution in [2.45, 2.75) is 27.2 Å². The lowest BCUT2D eigenvalue weighted by Crippen LogP contribution is -2.21. The normalized spacial score (nSPS) is 28.2. The van der Waals surface area contributed by atoms with E-state index >= 15 is 0 Å². The Balaban J connectivity index is 2.28. The van der Waals surface area contributed by atoms with Crippen molar-refractivity contribution in [3.05, 3.63) is 0 Å². The van der Waals surface area contributed by atoms with Crippen molar-refractivity contribution < 1.29 is 0 Å². The van der Waals surface area contributed by atoms with E-state index in [1.165, 1.54) is 26.1 Å². The summed E-state index contributed by atoms with van der Waals surface area (Å²) in [6.45, 7) is 10.8. The standard InChI is InChI=1S/C9H19N/c1-4-10-6-5-9(7-10)8(2)3/h8-9H,4-7H2,1-3H3. The summed E-state index contributed by atoms with van der Waals surface area (Å²) in [4.78, 5) is 2.55. The maximum atomic E-state index is 2.55. The number of nitrogens with zero attached hydrogens (tertiary/aromatic N) is 1. The molecule has 0 bridgehead atoms. The number of likely N-dealkylation sites (tertiary alicyclic amines) is 1. The molecule has 0 aromatic rings. The van der Waals surface area contributed by atoms with Crippen molar-refractivity contribution in [2.75, 3.05) is 19.6 Å². The largest absolute Gasteiger partial charge is 0.303 e. The summed E-state index contributed by atoms with van der Waals surface area (Å²) in [5.41, 5.74) is 0. The fourth-order valence-electron chi connectivity index (χ4n) is 1.69. The molecule has 1 atom stereocenters. The maximum absolute atomic E-state index is 2.55. The minimum atomic E-state index is 0.886. The number of hydrogen-bond donors (Lipinski definition) is 0. The van der Waals surface area contributed by atoms with Gasteiger partial charge in [0.25, 0.3) is 0 Å². The molecule has 0 amide bonds. The van der Waals surface area contributed by atoms with Crippen molar-refractivity contribution >= 4 is 0 Å². The summed E-state index contributed by atoms with van der Waals surface area (Å²) in [5.74, 6) is 1.86. The van der Waals surface area contributed by atoms with Crippen molar-refractivity contribution in [3.8, 4) is 0 Å². The van der Waals surface area contributed by atoms with Crippen LogP contribution in [0, 0.1) is 11.8 Å². The van der Waals surface area contributed by atoms with E-state index < -0.39 is 0 Å². The molecular weight excluding hydrogens is 122 g/mol. The molecule has 1 unspecified atom stereocenters. The lowest BCUT2D eigenvalue weighted by Gasteiger charge is -2.15. The Bertz CT molecular complexity index is 98.9. The van der Waals surface area contributed by atoms with Gasteiger partial charge in [0, 0.05) is 6.54 Å². The molecule has 0 spiro atoms. The molecule has 0 aromatic carbocycles. The van der Waals surface area contributed by atoms with Gasteiger partial charge in [-0.3, -0.25) is 0 Å². The third-order valence-corrected chi connectivity index (χ3v) is 2.70. The van der Waals surface area contributed by atoms with Crippen LogP contribution in [0.5, 0.6) is 0 Å². The summed E-state index contributed by atoms with van der Waals surface area (Å²) < 4.78 is 0. The summed E-state index contributed by atoms with van der Waals surface area (Å²) in [7, 11) is 0. The summed E-state index contributed by atoms with van der Waals surface area (Å²) in [6, 6.07) is 0. The quantitative estimate of drug-likeness (QED) is 0.568. The van der Waals surface area contributed by atoms with Gasteiger partial charge < -0.3 is 4.90 Å². The Morgan fingerprint density at radius 3 is 2.50 bits per heavy atom. The van der Waals surface area contributed by atoms with Gasteiger partial charge in [-0.2, -0.15) is 0 Å². The Kier molecular flexibility index (Phi) is 2.72. The molecule has 0 aromatic heterocycles. The molecule has 10 heavy (non-hydrogen) atoms. The van der Waals surface area contributed by atoms with Crippen LogP contribution in [-0.2, 0) is 0 Å². The van der Waals surface area contributed by atoms with Crippen molar-refractivity contribution in [1.29, 1.82) is 0 Å². The minimum Gasteiger partial charge on any atom is -0.303 e. The van der Waals surface area contributed by atoms with Crippen LogP contribution < -0.4 is 0 Å². The number of hydrogen-bond acceptors (Lipinski definition) is 1. The van der Waals surface area contributed by atoms with E-state index in [0.717, 1.165) is 11.8 Å². The van der Waals surface area contributed by atoms with Crippen LogP contribution in [0.25, 0.3) is 0 Å². The van der Waals surface area contributed by atoms with Gasteiger partial charge in [-0.05, 0) is 31.3 Å². The van der Waals surface area contributed by atoms with Gasteiger partial charge in [0.15, 0.2) is 0 Å². The van der Waals surface area contributed by atoms with E-state index in [4.69, 9.17) is 0 Å². The van der Waals surface area contributed by atoms with E-state index in [1.54, 1.807) is 0 Å². The molecule has 1 aliphatic rings. The van der Waals surface area contributed by atoms with Gasteiger partial charge in [0.1, 0.15) is 0 Å². The molecule has 1 heteroatoms. The summed E-state index contributed by atoms with van der Waals surface area (Å²) in [5, 5.41) is 0. The van der Waals surface area contributed by atoms with E-state index in [2.05, 4.69) is 25.7 Å². The van der Waals surface area contributed by atoms with Crippen LogP contribution in [0.15, 0.2) is 0 Å². The summed E-state index contributed by atoms with van der Waals surface area (Å²) in [6.07, 6.45) is 1.42. The predicted molar refractivity (Wildman–Crippen MR) is 45.1 cm³/mol. The highest BCUT2D eigenvalue weighted by Crippen LogP contribution is 2.22. The highest BCUT2D eigenvalue weighted by atomic mass is 15.1. The van der Waals surface area contributed by atoms with Gasteiger partial charge in [0.05, 0.1) is 0 Å². The lowest BCUT2D eigenvalue weighted by atomic mass is 9.95. The Morgan fingerprint density at radius 2 is 2.20 bits per heavy atom. The molecule has 1 fully saturated rings. The second-order valence-corrected chi connectivity index (χ2v) is 3.69. The maximum Gasteiger partial charge on any atom is 0.00125 e. The smallest absolute Gasteiger partial charge is 0.00125 e. The topological polar surface area (TPSA) is 3.24 Å². The van der Waals surface area contributed by atoms with Gasteiger partial charge in [-0.1, -0.05) is 20.8 Å². The van der Waals surface area contributed by atoms with Gasteiger partial charge in [0.2, 0.25) is 0 Å². The van der Waals surface area contributed by atoms with Crippen LogP contribution in [-0.4, -0.2) is 24.5 Å². The second-order valence-electron chi connectivity index (χ2n) is 3.69. The molecule has 1 rings (SSSR count). The molecule has 1 nitrogen and oxygen atoms in total. The van der Waals surface area contributed by atoms with E-state index in [0.29, 0.717) is 0 Å². The lowest BCUT2D eigenvalue weighted by molar-refractivity contribution is 0.317. The van der Waals surface area contributed by atoms with Crippen LogP contribution in [0.1, 0.15) is 27.2 Å². The molecule has 0 aliphatic carbocycles.